The lowest BCUT2D eigenvalue weighted by atomic mass is 10.1. The SMILES string of the molecule is CCOC(=O)Nc1c(C)c(C)c(Br)c(OC)c1Br. The van der Waals surface area contributed by atoms with Gasteiger partial charge < -0.3 is 9.47 Å². The quantitative estimate of drug-likeness (QED) is 0.844. The molecule has 6 heteroatoms. The van der Waals surface area contributed by atoms with Crippen LogP contribution < -0.4 is 10.1 Å². The lowest BCUT2D eigenvalue weighted by Crippen LogP contribution is -2.15. The van der Waals surface area contributed by atoms with Crippen molar-refractivity contribution in [1.82, 2.24) is 0 Å². The molecular weight excluding hydrogens is 366 g/mol. The minimum absolute atomic E-state index is 0.329. The van der Waals surface area contributed by atoms with Gasteiger partial charge in [0.05, 0.1) is 28.3 Å². The van der Waals surface area contributed by atoms with Crippen LogP contribution >= 0.6 is 31.9 Å². The van der Waals surface area contributed by atoms with Crippen LogP contribution in [0.3, 0.4) is 0 Å². The van der Waals surface area contributed by atoms with Crippen molar-refractivity contribution in [2.75, 3.05) is 19.0 Å². The minimum atomic E-state index is -0.481. The Kier molecular flexibility index (Phi) is 5.47. The molecule has 0 unspecified atom stereocenters. The van der Waals surface area contributed by atoms with Crippen LogP contribution in [0.15, 0.2) is 8.95 Å². The third kappa shape index (κ3) is 2.98. The van der Waals surface area contributed by atoms with E-state index in [1.165, 1.54) is 0 Å². The van der Waals surface area contributed by atoms with Crippen molar-refractivity contribution in [3.63, 3.8) is 0 Å². The van der Waals surface area contributed by atoms with Crippen LogP contribution in [0.1, 0.15) is 18.1 Å². The van der Waals surface area contributed by atoms with E-state index in [4.69, 9.17) is 9.47 Å². The topological polar surface area (TPSA) is 47.6 Å². The Balaban J connectivity index is 3.27. The van der Waals surface area contributed by atoms with Crippen LogP contribution in [-0.4, -0.2) is 19.8 Å². The molecule has 0 saturated heterocycles. The number of hydrogen-bond acceptors (Lipinski definition) is 3. The zero-order valence-electron chi connectivity index (χ0n) is 10.7. The third-order valence-corrected chi connectivity index (χ3v) is 4.30. The van der Waals surface area contributed by atoms with Gasteiger partial charge in [-0.3, -0.25) is 5.32 Å². The molecule has 100 valence electrons. The highest BCUT2D eigenvalue weighted by Gasteiger charge is 2.19. The molecular formula is C12H15Br2NO3. The monoisotopic (exact) mass is 379 g/mol. The average Bonchev–Trinajstić information content (AvgIpc) is 2.33. The Hall–Kier alpha value is -0.750. The van der Waals surface area contributed by atoms with Crippen molar-refractivity contribution in [2.45, 2.75) is 20.8 Å². The van der Waals surface area contributed by atoms with Gasteiger partial charge in [0.15, 0.2) is 0 Å². The molecule has 0 aliphatic rings. The number of nitrogens with one attached hydrogen (secondary N) is 1. The molecule has 0 bridgehead atoms. The first-order chi connectivity index (χ1) is 8.43. The van der Waals surface area contributed by atoms with E-state index in [2.05, 4.69) is 37.2 Å². The summed E-state index contributed by atoms with van der Waals surface area (Å²) in [7, 11) is 1.58. The number of amides is 1. The second-order valence-electron chi connectivity index (χ2n) is 3.63. The Bertz CT molecular complexity index is 475. The summed E-state index contributed by atoms with van der Waals surface area (Å²) in [6.07, 6.45) is -0.481. The van der Waals surface area contributed by atoms with Crippen LogP contribution in [0, 0.1) is 13.8 Å². The summed E-state index contributed by atoms with van der Waals surface area (Å²) in [6.45, 7) is 5.96. The second kappa shape index (κ2) is 6.43. The molecule has 0 saturated carbocycles. The van der Waals surface area contributed by atoms with Gasteiger partial charge in [-0.15, -0.1) is 0 Å². The molecule has 0 radical (unpaired) electrons. The molecule has 0 aromatic heterocycles. The van der Waals surface area contributed by atoms with Gasteiger partial charge in [-0.1, -0.05) is 0 Å². The van der Waals surface area contributed by atoms with Crippen molar-refractivity contribution < 1.29 is 14.3 Å². The van der Waals surface area contributed by atoms with E-state index in [0.717, 1.165) is 15.6 Å². The summed E-state index contributed by atoms with van der Waals surface area (Å²) in [5, 5.41) is 2.71. The van der Waals surface area contributed by atoms with Crippen LogP contribution in [0.4, 0.5) is 10.5 Å². The zero-order valence-corrected chi connectivity index (χ0v) is 13.9. The highest BCUT2D eigenvalue weighted by molar-refractivity contribution is 9.11. The number of halogens is 2. The lowest BCUT2D eigenvalue weighted by molar-refractivity contribution is 0.168. The van der Waals surface area contributed by atoms with Gasteiger partial charge >= 0.3 is 6.09 Å². The molecule has 0 heterocycles. The van der Waals surface area contributed by atoms with Gasteiger partial charge in [0.25, 0.3) is 0 Å². The Morgan fingerprint density at radius 3 is 2.33 bits per heavy atom. The van der Waals surface area contributed by atoms with Crippen LogP contribution in [0.25, 0.3) is 0 Å². The largest absolute Gasteiger partial charge is 0.494 e. The molecule has 0 aliphatic carbocycles. The third-order valence-electron chi connectivity index (χ3n) is 2.59. The summed E-state index contributed by atoms with van der Waals surface area (Å²) < 4.78 is 11.7. The summed E-state index contributed by atoms with van der Waals surface area (Å²) in [5.74, 6) is 0.643. The van der Waals surface area contributed by atoms with Gasteiger partial charge in [0.1, 0.15) is 5.75 Å². The summed E-state index contributed by atoms with van der Waals surface area (Å²) in [6, 6.07) is 0. The predicted molar refractivity (Wildman–Crippen MR) is 78.5 cm³/mol. The molecule has 0 atom stereocenters. The van der Waals surface area contributed by atoms with Crippen molar-refractivity contribution in [2.24, 2.45) is 0 Å². The molecule has 0 spiro atoms. The number of carbonyl (C=O) groups is 1. The van der Waals surface area contributed by atoms with Gasteiger partial charge in [0, 0.05) is 0 Å². The van der Waals surface area contributed by atoms with E-state index in [9.17, 15) is 4.79 Å². The van der Waals surface area contributed by atoms with Crippen molar-refractivity contribution in [1.29, 1.82) is 0 Å². The number of benzene rings is 1. The molecule has 1 aromatic rings. The number of hydrogen-bond donors (Lipinski definition) is 1. The maximum absolute atomic E-state index is 11.5. The van der Waals surface area contributed by atoms with E-state index in [0.29, 0.717) is 22.5 Å². The minimum Gasteiger partial charge on any atom is -0.494 e. The van der Waals surface area contributed by atoms with Crippen LogP contribution in [0.5, 0.6) is 5.75 Å². The normalized spacial score (nSPS) is 10.1. The molecule has 0 fully saturated rings. The van der Waals surface area contributed by atoms with Crippen LogP contribution in [0.2, 0.25) is 0 Å². The summed E-state index contributed by atoms with van der Waals surface area (Å²) >= 11 is 6.91. The maximum Gasteiger partial charge on any atom is 0.411 e. The molecule has 1 aromatic carbocycles. The van der Waals surface area contributed by atoms with E-state index in [-0.39, 0.29) is 0 Å². The standard InChI is InChI=1S/C12H15Br2NO3/c1-5-18-12(16)15-10-7(3)6(2)8(13)11(17-4)9(10)14/h5H2,1-4H3,(H,15,16). The molecule has 1 rings (SSSR count). The average molecular weight is 381 g/mol. The first-order valence-corrected chi connectivity index (χ1v) is 6.98. The van der Waals surface area contributed by atoms with Crippen molar-refractivity contribution in [3.05, 3.63) is 20.1 Å². The molecule has 1 amide bonds. The highest BCUT2D eigenvalue weighted by atomic mass is 79.9. The number of rotatable bonds is 3. The number of anilines is 1. The van der Waals surface area contributed by atoms with Gasteiger partial charge in [0.2, 0.25) is 0 Å². The molecule has 0 aliphatic heterocycles. The molecule has 4 nitrogen and oxygen atoms in total. The van der Waals surface area contributed by atoms with Gasteiger partial charge in [-0.25, -0.2) is 4.79 Å². The number of carbonyl (C=O) groups excluding carboxylic acids is 1. The van der Waals surface area contributed by atoms with E-state index >= 15 is 0 Å². The summed E-state index contributed by atoms with van der Waals surface area (Å²) in [5.41, 5.74) is 2.61. The Labute approximate surface area is 123 Å². The first kappa shape index (κ1) is 15.3. The Morgan fingerprint density at radius 1 is 1.22 bits per heavy atom. The van der Waals surface area contributed by atoms with Crippen molar-refractivity contribution >= 4 is 43.6 Å². The Morgan fingerprint density at radius 2 is 1.83 bits per heavy atom. The van der Waals surface area contributed by atoms with E-state index in [1.54, 1.807) is 14.0 Å². The second-order valence-corrected chi connectivity index (χ2v) is 5.22. The van der Waals surface area contributed by atoms with E-state index < -0.39 is 6.09 Å². The molecule has 1 N–H and O–H groups in total. The molecule has 18 heavy (non-hydrogen) atoms. The fraction of sp³-hybridized carbons (Fsp3) is 0.417. The van der Waals surface area contributed by atoms with E-state index in [1.807, 2.05) is 13.8 Å². The lowest BCUT2D eigenvalue weighted by Gasteiger charge is -2.17. The predicted octanol–water partition coefficient (Wildman–Crippen LogP) is 4.41. The fourth-order valence-electron chi connectivity index (χ4n) is 1.49. The summed E-state index contributed by atoms with van der Waals surface area (Å²) in [4.78, 5) is 11.5. The van der Waals surface area contributed by atoms with Gasteiger partial charge in [-0.05, 0) is 63.8 Å². The smallest absolute Gasteiger partial charge is 0.411 e. The fourth-order valence-corrected chi connectivity index (χ4v) is 3.17. The van der Waals surface area contributed by atoms with Crippen molar-refractivity contribution in [3.8, 4) is 5.75 Å². The highest BCUT2D eigenvalue weighted by Crippen LogP contribution is 2.43. The first-order valence-electron chi connectivity index (χ1n) is 5.39. The maximum atomic E-state index is 11.5. The zero-order chi connectivity index (χ0) is 13.9. The van der Waals surface area contributed by atoms with Gasteiger partial charge in [-0.2, -0.15) is 0 Å². The number of methoxy groups -OCH3 is 1. The van der Waals surface area contributed by atoms with Crippen LogP contribution in [-0.2, 0) is 4.74 Å². The number of ether oxygens (including phenoxy) is 2.